The topological polar surface area (TPSA) is 74.8 Å². The molecule has 0 fully saturated rings. The maximum atomic E-state index is 12.7. The number of aromatic amines is 1. The Hall–Kier alpha value is -2.24. The number of likely N-dealkylation sites (N-methyl/N-ethyl adjacent to an activating group) is 1. The molecule has 1 aromatic heterocycles. The zero-order valence-corrected chi connectivity index (χ0v) is 12.2. The van der Waals surface area contributed by atoms with E-state index in [2.05, 4.69) is 20.6 Å². The van der Waals surface area contributed by atoms with Crippen molar-refractivity contribution in [3.63, 3.8) is 0 Å². The minimum atomic E-state index is -0.815. The monoisotopic (exact) mass is 273 g/mol. The molecule has 1 heterocycles. The predicted molar refractivity (Wildman–Crippen MR) is 74.8 cm³/mol. The van der Waals surface area contributed by atoms with E-state index in [9.17, 15) is 4.79 Å². The quantitative estimate of drug-likeness (QED) is 0.920. The molecule has 1 atom stereocenters. The van der Waals surface area contributed by atoms with Gasteiger partial charge < -0.3 is 4.90 Å². The maximum absolute atomic E-state index is 12.7. The summed E-state index contributed by atoms with van der Waals surface area (Å²) in [6.45, 7) is 5.60. The van der Waals surface area contributed by atoms with Gasteiger partial charge in [-0.3, -0.25) is 4.79 Å². The van der Waals surface area contributed by atoms with E-state index in [1.807, 2.05) is 37.3 Å². The molecule has 0 spiro atoms. The summed E-state index contributed by atoms with van der Waals surface area (Å²) in [4.78, 5) is 14.4. The highest BCUT2D eigenvalue weighted by molar-refractivity contribution is 5.86. The number of carbonyl (C=O) groups is 1. The van der Waals surface area contributed by atoms with E-state index in [1.54, 1.807) is 25.8 Å². The molecule has 106 valence electrons. The number of tetrazole rings is 1. The molecule has 1 aromatic carbocycles. The summed E-state index contributed by atoms with van der Waals surface area (Å²) >= 11 is 0. The molecule has 2 rings (SSSR count). The number of benzene rings is 1. The molecule has 0 saturated carbocycles. The van der Waals surface area contributed by atoms with Crippen molar-refractivity contribution in [3.05, 3.63) is 41.7 Å². The SMILES string of the molecule is CC(c1ccccc1)N(C)C(=O)C(C)(C)c1nn[nH]n1. The largest absolute Gasteiger partial charge is 0.338 e. The highest BCUT2D eigenvalue weighted by atomic mass is 16.2. The smallest absolute Gasteiger partial charge is 0.236 e. The van der Waals surface area contributed by atoms with Crippen LogP contribution < -0.4 is 0 Å². The molecular formula is C14H19N5O. The van der Waals surface area contributed by atoms with Crippen molar-refractivity contribution in [3.8, 4) is 0 Å². The Balaban J connectivity index is 2.21. The van der Waals surface area contributed by atoms with E-state index in [1.165, 1.54) is 0 Å². The molecule has 0 bridgehead atoms. The second kappa shape index (κ2) is 5.40. The van der Waals surface area contributed by atoms with E-state index in [-0.39, 0.29) is 11.9 Å². The molecule has 0 radical (unpaired) electrons. The fourth-order valence-corrected chi connectivity index (χ4v) is 2.09. The Morgan fingerprint density at radius 2 is 1.95 bits per heavy atom. The van der Waals surface area contributed by atoms with Crippen molar-refractivity contribution >= 4 is 5.91 Å². The summed E-state index contributed by atoms with van der Waals surface area (Å²) in [5.74, 6) is 0.352. The molecule has 1 amide bonds. The Bertz CT molecular complexity index is 565. The average molecular weight is 273 g/mol. The van der Waals surface area contributed by atoms with Crippen molar-refractivity contribution in [2.75, 3.05) is 7.05 Å². The van der Waals surface area contributed by atoms with Crippen LogP contribution in [0.5, 0.6) is 0 Å². The molecule has 0 aliphatic carbocycles. The van der Waals surface area contributed by atoms with Gasteiger partial charge in [0.25, 0.3) is 0 Å². The summed E-state index contributed by atoms with van der Waals surface area (Å²) in [5, 5.41) is 13.8. The molecular weight excluding hydrogens is 254 g/mol. The third-order valence-electron chi connectivity index (χ3n) is 3.62. The number of rotatable bonds is 4. The van der Waals surface area contributed by atoms with Crippen LogP contribution in [-0.4, -0.2) is 38.5 Å². The Morgan fingerprint density at radius 3 is 2.50 bits per heavy atom. The van der Waals surface area contributed by atoms with Crippen molar-refractivity contribution < 1.29 is 4.79 Å². The molecule has 6 nitrogen and oxygen atoms in total. The molecule has 6 heteroatoms. The van der Waals surface area contributed by atoms with Crippen molar-refractivity contribution in [2.45, 2.75) is 32.2 Å². The molecule has 0 aliphatic heterocycles. The van der Waals surface area contributed by atoms with E-state index in [4.69, 9.17) is 0 Å². The lowest BCUT2D eigenvalue weighted by Crippen LogP contribution is -2.43. The van der Waals surface area contributed by atoms with E-state index >= 15 is 0 Å². The molecule has 0 aliphatic rings. The van der Waals surface area contributed by atoms with Crippen LogP contribution in [-0.2, 0) is 10.2 Å². The molecule has 1 unspecified atom stereocenters. The summed E-state index contributed by atoms with van der Waals surface area (Å²) < 4.78 is 0. The first-order valence-corrected chi connectivity index (χ1v) is 6.50. The minimum Gasteiger partial charge on any atom is -0.338 e. The Morgan fingerprint density at radius 1 is 1.30 bits per heavy atom. The fourth-order valence-electron chi connectivity index (χ4n) is 2.09. The minimum absolute atomic E-state index is 0.0186. The van der Waals surface area contributed by atoms with Gasteiger partial charge in [0.05, 0.1) is 6.04 Å². The summed E-state index contributed by atoms with van der Waals surface area (Å²) in [6.07, 6.45) is 0. The number of carbonyl (C=O) groups excluding carboxylic acids is 1. The average Bonchev–Trinajstić information content (AvgIpc) is 3.00. The van der Waals surface area contributed by atoms with Gasteiger partial charge in [0.2, 0.25) is 5.91 Å². The van der Waals surface area contributed by atoms with Crippen LogP contribution in [0.1, 0.15) is 38.2 Å². The van der Waals surface area contributed by atoms with Gasteiger partial charge in [0, 0.05) is 7.05 Å². The number of nitrogens with one attached hydrogen (secondary N) is 1. The van der Waals surface area contributed by atoms with Gasteiger partial charge in [-0.25, -0.2) is 0 Å². The molecule has 0 saturated heterocycles. The van der Waals surface area contributed by atoms with Gasteiger partial charge in [-0.2, -0.15) is 5.21 Å². The van der Waals surface area contributed by atoms with E-state index < -0.39 is 5.41 Å². The highest BCUT2D eigenvalue weighted by Gasteiger charge is 2.37. The second-order valence-electron chi connectivity index (χ2n) is 5.36. The van der Waals surface area contributed by atoms with Gasteiger partial charge in [0.15, 0.2) is 5.82 Å². The van der Waals surface area contributed by atoms with Crippen LogP contribution in [0, 0.1) is 0 Å². The van der Waals surface area contributed by atoms with Gasteiger partial charge in [0.1, 0.15) is 5.41 Å². The number of hydrogen-bond acceptors (Lipinski definition) is 4. The standard InChI is InChI=1S/C14H19N5O/c1-10(11-8-6-5-7-9-11)19(4)13(20)14(2,3)12-15-17-18-16-12/h5-10H,1-4H3,(H,15,16,17,18). The van der Waals surface area contributed by atoms with Crippen LogP contribution in [0.3, 0.4) is 0 Å². The van der Waals surface area contributed by atoms with Crippen LogP contribution in [0.25, 0.3) is 0 Å². The second-order valence-corrected chi connectivity index (χ2v) is 5.36. The van der Waals surface area contributed by atoms with Crippen LogP contribution in [0.4, 0.5) is 0 Å². The van der Waals surface area contributed by atoms with Crippen LogP contribution in [0.2, 0.25) is 0 Å². The Labute approximate surface area is 118 Å². The maximum Gasteiger partial charge on any atom is 0.236 e. The van der Waals surface area contributed by atoms with E-state index in [0.717, 1.165) is 5.56 Å². The van der Waals surface area contributed by atoms with Crippen molar-refractivity contribution in [1.82, 2.24) is 25.5 Å². The van der Waals surface area contributed by atoms with Gasteiger partial charge in [-0.05, 0) is 26.3 Å². The number of amides is 1. The van der Waals surface area contributed by atoms with Gasteiger partial charge in [-0.1, -0.05) is 35.5 Å². The predicted octanol–water partition coefficient (Wildman–Crippen LogP) is 1.70. The van der Waals surface area contributed by atoms with Gasteiger partial charge in [-0.15, -0.1) is 10.2 Å². The lowest BCUT2D eigenvalue weighted by molar-refractivity contribution is -0.137. The van der Waals surface area contributed by atoms with Crippen LogP contribution >= 0.6 is 0 Å². The fraction of sp³-hybridized carbons (Fsp3) is 0.429. The zero-order chi connectivity index (χ0) is 14.8. The highest BCUT2D eigenvalue weighted by Crippen LogP contribution is 2.26. The lowest BCUT2D eigenvalue weighted by Gasteiger charge is -2.31. The number of hydrogen-bond donors (Lipinski definition) is 1. The first-order valence-electron chi connectivity index (χ1n) is 6.50. The third kappa shape index (κ3) is 2.54. The zero-order valence-electron chi connectivity index (χ0n) is 12.2. The Kier molecular flexibility index (Phi) is 3.83. The first-order chi connectivity index (χ1) is 9.44. The van der Waals surface area contributed by atoms with Crippen molar-refractivity contribution in [1.29, 1.82) is 0 Å². The number of nitrogens with zero attached hydrogens (tertiary/aromatic N) is 4. The lowest BCUT2D eigenvalue weighted by atomic mass is 9.90. The number of aromatic nitrogens is 4. The number of H-pyrrole nitrogens is 1. The summed E-state index contributed by atoms with van der Waals surface area (Å²) in [7, 11) is 1.79. The van der Waals surface area contributed by atoms with Gasteiger partial charge >= 0.3 is 0 Å². The van der Waals surface area contributed by atoms with Crippen molar-refractivity contribution in [2.24, 2.45) is 0 Å². The summed E-state index contributed by atoms with van der Waals surface area (Å²) in [5.41, 5.74) is 0.275. The van der Waals surface area contributed by atoms with Crippen LogP contribution in [0.15, 0.2) is 30.3 Å². The first kappa shape index (κ1) is 14.2. The normalized spacial score (nSPS) is 13.0. The molecule has 1 N–H and O–H groups in total. The molecule has 20 heavy (non-hydrogen) atoms. The van der Waals surface area contributed by atoms with E-state index in [0.29, 0.717) is 5.82 Å². The molecule has 2 aromatic rings. The summed E-state index contributed by atoms with van der Waals surface area (Å²) in [6, 6.07) is 9.89. The third-order valence-corrected chi connectivity index (χ3v) is 3.62.